The van der Waals surface area contributed by atoms with Crippen molar-refractivity contribution in [2.45, 2.75) is 43.0 Å². The molecule has 150 valence electrons. The molecular weight excluding hydrogens is 388 g/mol. The molecule has 3 rings (SSSR count). The van der Waals surface area contributed by atoms with Crippen LogP contribution in [0.1, 0.15) is 20.8 Å². The van der Waals surface area contributed by atoms with Gasteiger partial charge in [0, 0.05) is 11.3 Å². The third-order valence-corrected chi connectivity index (χ3v) is 6.56. The summed E-state index contributed by atoms with van der Waals surface area (Å²) in [6.45, 7) is 2.81. The fraction of sp³-hybridized carbons (Fsp3) is 0.421. The van der Waals surface area contributed by atoms with Crippen molar-refractivity contribution < 1.29 is 38.9 Å². The molecule has 0 unspecified atom stereocenters. The number of rotatable bonds is 5. The van der Waals surface area contributed by atoms with E-state index < -0.39 is 45.3 Å². The number of carbonyl (C=O) groups excluding carboxylic acids is 3. The molecular formula is C19H20O8S. The summed E-state index contributed by atoms with van der Waals surface area (Å²) in [5.74, 6) is -3.07. The molecule has 0 spiro atoms. The van der Waals surface area contributed by atoms with Crippen LogP contribution in [0.3, 0.4) is 0 Å². The van der Waals surface area contributed by atoms with Crippen LogP contribution in [0.2, 0.25) is 0 Å². The van der Waals surface area contributed by atoms with E-state index >= 15 is 0 Å². The zero-order valence-electron chi connectivity index (χ0n) is 15.5. The molecule has 3 N–H and O–H groups in total. The largest absolute Gasteiger partial charge is 0.472 e. The summed E-state index contributed by atoms with van der Waals surface area (Å²) in [7, 11) is 0. The van der Waals surface area contributed by atoms with Crippen LogP contribution < -0.4 is 4.74 Å². The van der Waals surface area contributed by atoms with E-state index in [1.165, 1.54) is 6.26 Å². The number of thioether (sulfide) groups is 1. The zero-order chi connectivity index (χ0) is 20.9. The Labute approximate surface area is 164 Å². The molecule has 0 radical (unpaired) electrons. The first kappa shape index (κ1) is 20.5. The molecule has 0 amide bonds. The molecule has 0 aromatic heterocycles. The van der Waals surface area contributed by atoms with E-state index in [4.69, 9.17) is 9.15 Å². The van der Waals surface area contributed by atoms with Gasteiger partial charge in [0.2, 0.25) is 5.60 Å². The number of ketones is 3. The van der Waals surface area contributed by atoms with Gasteiger partial charge in [-0.15, -0.1) is 11.8 Å². The van der Waals surface area contributed by atoms with Crippen LogP contribution in [0.15, 0.2) is 34.9 Å². The Hall–Kier alpha value is -2.20. The molecule has 2 heterocycles. The van der Waals surface area contributed by atoms with Gasteiger partial charge in [-0.25, -0.2) is 0 Å². The molecule has 0 aromatic rings. The lowest BCUT2D eigenvalue weighted by Gasteiger charge is -2.54. The van der Waals surface area contributed by atoms with E-state index in [0.29, 0.717) is 11.3 Å². The quantitative estimate of drug-likeness (QED) is 0.656. The highest BCUT2D eigenvalue weighted by atomic mass is 32.2. The lowest BCUT2D eigenvalue weighted by molar-refractivity contribution is -0.236. The fourth-order valence-corrected chi connectivity index (χ4v) is 5.09. The maximum absolute atomic E-state index is 12.5. The molecule has 1 saturated heterocycles. The average Bonchev–Trinajstić information content (AvgIpc) is 3.04. The lowest BCUT2D eigenvalue weighted by Crippen LogP contribution is -2.82. The van der Waals surface area contributed by atoms with E-state index in [1.54, 1.807) is 24.3 Å². The molecule has 4 atom stereocenters. The standard InChI is InChI=1S/C19H20O8S/c1-10(20)17(23)9-28-16(18(24,11(2)21)19(17,25)12(3)22)27-14-7-6-13-5-4-8-26-15(13)14/h4-8,16,23-25H,9H2,1-3H3/t16-,17-,18-,19-/m0/s1. The van der Waals surface area contributed by atoms with Crippen molar-refractivity contribution in [1.82, 2.24) is 0 Å². The molecule has 3 aliphatic rings. The number of aliphatic hydroxyl groups is 3. The summed E-state index contributed by atoms with van der Waals surface area (Å²) >= 11 is 0.742. The van der Waals surface area contributed by atoms with Crippen molar-refractivity contribution in [3.05, 3.63) is 30.5 Å². The highest BCUT2D eigenvalue weighted by Crippen LogP contribution is 2.50. The van der Waals surface area contributed by atoms with E-state index in [-0.39, 0.29) is 5.75 Å². The number of ether oxygens (including phenoxy) is 1. The molecule has 0 aromatic carbocycles. The summed E-state index contributed by atoms with van der Waals surface area (Å²) in [6.07, 6.45) is 1.42. The van der Waals surface area contributed by atoms with Gasteiger partial charge in [-0.2, -0.15) is 0 Å². The van der Waals surface area contributed by atoms with Crippen LogP contribution in [0.25, 0.3) is 11.3 Å². The maximum Gasteiger partial charge on any atom is 0.208 e. The number of Topliss-reactive ketones (excluding diaryl/α,β-unsaturated/α-hetero) is 3. The van der Waals surface area contributed by atoms with Crippen molar-refractivity contribution in [2.24, 2.45) is 0 Å². The van der Waals surface area contributed by atoms with Gasteiger partial charge in [-0.1, -0.05) is 0 Å². The van der Waals surface area contributed by atoms with Crippen molar-refractivity contribution in [1.29, 1.82) is 0 Å². The minimum Gasteiger partial charge on any atom is -0.472 e. The molecule has 0 saturated carbocycles. The van der Waals surface area contributed by atoms with Crippen LogP contribution >= 0.6 is 11.8 Å². The van der Waals surface area contributed by atoms with Crippen molar-refractivity contribution in [2.75, 3.05) is 5.75 Å². The van der Waals surface area contributed by atoms with Crippen molar-refractivity contribution in [3.8, 4) is 17.1 Å². The Morgan fingerprint density at radius 1 is 1.07 bits per heavy atom. The Kier molecular flexibility index (Phi) is 4.91. The SMILES string of the molecule is CC(=O)[C@]1(O)[C@@](O)(C(C)=O)CS[C@H](Oc2ccc3cccoc2-3)[C@@]1(O)C(C)=O. The number of fused-ring (bicyclic) bond motifs is 1. The van der Waals surface area contributed by atoms with Crippen molar-refractivity contribution in [3.63, 3.8) is 0 Å². The second kappa shape index (κ2) is 6.70. The van der Waals surface area contributed by atoms with Gasteiger partial charge in [-0.3, -0.25) is 14.4 Å². The smallest absolute Gasteiger partial charge is 0.208 e. The Bertz CT molecular complexity index is 922. The maximum atomic E-state index is 12.5. The van der Waals surface area contributed by atoms with Crippen LogP contribution in [0.4, 0.5) is 0 Å². The third kappa shape index (κ3) is 2.54. The van der Waals surface area contributed by atoms with Gasteiger partial charge < -0.3 is 24.5 Å². The van der Waals surface area contributed by atoms with Gasteiger partial charge in [0.1, 0.15) is 0 Å². The summed E-state index contributed by atoms with van der Waals surface area (Å²) in [6, 6.07) is 6.68. The summed E-state index contributed by atoms with van der Waals surface area (Å²) in [4.78, 5) is 36.9. The number of carbonyl (C=O) groups is 3. The van der Waals surface area contributed by atoms with Gasteiger partial charge in [-0.05, 0) is 45.0 Å². The molecule has 1 aliphatic carbocycles. The van der Waals surface area contributed by atoms with Gasteiger partial charge in [0.25, 0.3) is 0 Å². The van der Waals surface area contributed by atoms with E-state index in [2.05, 4.69) is 0 Å². The van der Waals surface area contributed by atoms with Crippen LogP contribution in [-0.4, -0.2) is 60.7 Å². The third-order valence-electron chi connectivity index (χ3n) is 5.24. The Balaban J connectivity index is 2.12. The van der Waals surface area contributed by atoms with Gasteiger partial charge in [0.15, 0.2) is 45.5 Å². The second-order valence-corrected chi connectivity index (χ2v) is 7.91. The molecule has 2 aliphatic heterocycles. The zero-order valence-corrected chi connectivity index (χ0v) is 16.3. The van der Waals surface area contributed by atoms with E-state index in [9.17, 15) is 29.7 Å². The van der Waals surface area contributed by atoms with Crippen molar-refractivity contribution >= 4 is 29.1 Å². The number of hydrogen-bond acceptors (Lipinski definition) is 9. The Morgan fingerprint density at radius 2 is 1.75 bits per heavy atom. The minimum absolute atomic E-state index is 0.173. The normalized spacial score (nSPS) is 32.9. The summed E-state index contributed by atoms with van der Waals surface area (Å²) in [5.41, 5.74) is -9.43. The molecule has 1 fully saturated rings. The first-order valence-corrected chi connectivity index (χ1v) is 9.49. The molecule has 0 bridgehead atoms. The second-order valence-electron chi connectivity index (χ2n) is 6.86. The fourth-order valence-electron chi connectivity index (χ4n) is 3.54. The number of hydrogen-bond donors (Lipinski definition) is 3. The van der Waals surface area contributed by atoms with Crippen LogP contribution in [0.5, 0.6) is 5.75 Å². The predicted molar refractivity (Wildman–Crippen MR) is 99.1 cm³/mol. The van der Waals surface area contributed by atoms with Crippen LogP contribution in [0, 0.1) is 0 Å². The monoisotopic (exact) mass is 408 g/mol. The van der Waals surface area contributed by atoms with Gasteiger partial charge >= 0.3 is 0 Å². The Morgan fingerprint density at radius 3 is 2.32 bits per heavy atom. The predicted octanol–water partition coefficient (Wildman–Crippen LogP) is 0.796. The van der Waals surface area contributed by atoms with E-state index in [1.807, 2.05) is 0 Å². The van der Waals surface area contributed by atoms with E-state index in [0.717, 1.165) is 32.5 Å². The first-order valence-electron chi connectivity index (χ1n) is 8.45. The highest BCUT2D eigenvalue weighted by molar-refractivity contribution is 8.00. The molecule has 8 nitrogen and oxygen atoms in total. The average molecular weight is 408 g/mol. The minimum atomic E-state index is -3.09. The lowest BCUT2D eigenvalue weighted by atomic mass is 9.65. The molecule has 9 heteroatoms. The topological polar surface area (TPSA) is 134 Å². The molecule has 28 heavy (non-hydrogen) atoms. The summed E-state index contributed by atoms with van der Waals surface area (Å²) in [5, 5.41) is 33.2. The van der Waals surface area contributed by atoms with Crippen LogP contribution in [-0.2, 0) is 14.4 Å². The highest BCUT2D eigenvalue weighted by Gasteiger charge is 2.75. The summed E-state index contributed by atoms with van der Waals surface area (Å²) < 4.78 is 11.2. The van der Waals surface area contributed by atoms with Gasteiger partial charge in [0.05, 0.1) is 6.26 Å². The first-order chi connectivity index (χ1) is 13.0.